The molecule has 0 saturated carbocycles. The number of nitrogens with zero attached hydrogens (tertiary/aromatic N) is 5. The number of hydrogen-bond donors (Lipinski definition) is 0. The van der Waals surface area contributed by atoms with Gasteiger partial charge in [-0.05, 0) is 23.8 Å². The van der Waals surface area contributed by atoms with Gasteiger partial charge in [0.15, 0.2) is 11.4 Å². The molecule has 1 aliphatic rings. The van der Waals surface area contributed by atoms with Crippen LogP contribution in [0, 0.1) is 39.8 Å². The number of thioether (sulfide) groups is 2. The highest BCUT2D eigenvalue weighted by Gasteiger charge is 2.27. The molecule has 1 aromatic heterocycles. The van der Waals surface area contributed by atoms with Crippen molar-refractivity contribution in [1.82, 2.24) is 9.97 Å². The first-order chi connectivity index (χ1) is 11.5. The van der Waals surface area contributed by atoms with Crippen LogP contribution in [-0.4, -0.2) is 9.97 Å². The third kappa shape index (κ3) is 2.93. The van der Waals surface area contributed by atoms with E-state index in [0.717, 1.165) is 29.6 Å². The highest BCUT2D eigenvalue weighted by molar-refractivity contribution is 8.24. The average molecular weight is 372 g/mol. The second kappa shape index (κ2) is 6.51. The molecule has 2 heterocycles. The van der Waals surface area contributed by atoms with E-state index in [4.69, 9.17) is 22.1 Å². The first-order valence-electron chi connectivity index (χ1n) is 6.24. The normalized spacial score (nSPS) is 12.0. The molecule has 0 unspecified atom stereocenters. The summed E-state index contributed by atoms with van der Waals surface area (Å²) < 4.78 is 14.1. The number of halogens is 2. The van der Waals surface area contributed by atoms with Gasteiger partial charge < -0.3 is 0 Å². The zero-order chi connectivity index (χ0) is 17.3. The first-order valence-corrected chi connectivity index (χ1v) is 8.25. The van der Waals surface area contributed by atoms with Crippen LogP contribution in [0.15, 0.2) is 32.5 Å². The first kappa shape index (κ1) is 16.3. The van der Waals surface area contributed by atoms with Gasteiger partial charge in [0, 0.05) is 5.02 Å². The lowest BCUT2D eigenvalue weighted by molar-refractivity contribution is 0.627. The Balaban J connectivity index is 2.10. The van der Waals surface area contributed by atoms with Crippen molar-refractivity contribution >= 4 is 40.7 Å². The molecular formula is C15H3ClFN5S2. The molecule has 114 valence electrons. The van der Waals surface area contributed by atoms with Crippen molar-refractivity contribution in [3.05, 3.63) is 50.2 Å². The minimum Gasteiger partial charge on any atom is -0.224 e. The van der Waals surface area contributed by atoms with Crippen LogP contribution in [0.2, 0.25) is 5.02 Å². The number of hydrogen-bond acceptors (Lipinski definition) is 7. The van der Waals surface area contributed by atoms with Gasteiger partial charge in [-0.3, -0.25) is 0 Å². The summed E-state index contributed by atoms with van der Waals surface area (Å²) in [5.74, 6) is -0.550. The van der Waals surface area contributed by atoms with Crippen LogP contribution >= 0.6 is 35.1 Å². The third-order valence-corrected chi connectivity index (χ3v) is 5.47. The predicted octanol–water partition coefficient (Wildman–Crippen LogP) is 4.10. The van der Waals surface area contributed by atoms with Gasteiger partial charge >= 0.3 is 0 Å². The van der Waals surface area contributed by atoms with Crippen LogP contribution in [0.25, 0.3) is 5.57 Å². The Morgan fingerprint density at radius 2 is 1.58 bits per heavy atom. The van der Waals surface area contributed by atoms with Gasteiger partial charge in [-0.2, -0.15) is 15.8 Å². The van der Waals surface area contributed by atoms with Crippen molar-refractivity contribution in [3.8, 4) is 18.2 Å². The molecule has 1 aromatic carbocycles. The van der Waals surface area contributed by atoms with Gasteiger partial charge in [0.1, 0.15) is 34.1 Å². The molecule has 24 heavy (non-hydrogen) atoms. The molecule has 5 nitrogen and oxygen atoms in total. The summed E-state index contributed by atoms with van der Waals surface area (Å²) in [5, 5.41) is 28.5. The number of benzene rings is 1. The smallest absolute Gasteiger partial charge is 0.178 e. The van der Waals surface area contributed by atoms with Crippen LogP contribution < -0.4 is 0 Å². The zero-order valence-corrected chi connectivity index (χ0v) is 13.9. The van der Waals surface area contributed by atoms with Crippen molar-refractivity contribution in [2.75, 3.05) is 0 Å². The maximum Gasteiger partial charge on any atom is 0.178 e. The third-order valence-electron chi connectivity index (χ3n) is 2.89. The minimum absolute atomic E-state index is 0.0714. The minimum atomic E-state index is -0.550. The lowest BCUT2D eigenvalue weighted by Gasteiger charge is -2.03. The van der Waals surface area contributed by atoms with Gasteiger partial charge in [0.05, 0.1) is 9.81 Å². The highest BCUT2D eigenvalue weighted by Crippen LogP contribution is 2.52. The van der Waals surface area contributed by atoms with Gasteiger partial charge in [-0.1, -0.05) is 35.1 Å². The van der Waals surface area contributed by atoms with Crippen LogP contribution in [0.1, 0.15) is 17.0 Å². The Morgan fingerprint density at radius 1 is 1.00 bits per heavy atom. The standard InChI is InChI=1S/C15H3ClFN5S2/c16-8-1-7(2-9(17)3-8)10(4-18)15-23-13-14(24-15)22-12(6-20)11(5-19)21-13/h1-3H. The number of fused-ring (bicyclic) bond motifs is 1. The molecule has 0 aliphatic carbocycles. The van der Waals surface area contributed by atoms with Gasteiger partial charge in [0.25, 0.3) is 0 Å². The molecule has 0 fully saturated rings. The molecule has 2 aromatic rings. The fraction of sp³-hybridized carbons (Fsp3) is 0. The van der Waals surface area contributed by atoms with E-state index in [1.54, 1.807) is 0 Å². The predicted molar refractivity (Wildman–Crippen MR) is 87.1 cm³/mol. The zero-order valence-electron chi connectivity index (χ0n) is 11.5. The second-order valence-electron chi connectivity index (χ2n) is 4.39. The maximum absolute atomic E-state index is 13.5. The molecular weight excluding hydrogens is 369 g/mol. The summed E-state index contributed by atoms with van der Waals surface area (Å²) in [6, 6.07) is 9.51. The molecule has 9 heteroatoms. The maximum atomic E-state index is 13.5. The van der Waals surface area contributed by atoms with E-state index in [2.05, 4.69) is 9.97 Å². The summed E-state index contributed by atoms with van der Waals surface area (Å²) >= 11 is 8.13. The number of allylic oxidation sites excluding steroid dienone is 1. The Bertz CT molecular complexity index is 965. The van der Waals surface area contributed by atoms with Crippen molar-refractivity contribution < 1.29 is 4.39 Å². The summed E-state index contributed by atoms with van der Waals surface area (Å²) in [4.78, 5) is 8.18. The lowest BCUT2D eigenvalue weighted by Crippen LogP contribution is -1.96. The molecule has 0 bridgehead atoms. The topological polar surface area (TPSA) is 97.1 Å². The van der Waals surface area contributed by atoms with Gasteiger partial charge in [-0.25, -0.2) is 14.4 Å². The fourth-order valence-corrected chi connectivity index (χ4v) is 4.45. The molecule has 0 saturated heterocycles. The molecule has 0 atom stereocenters. The van der Waals surface area contributed by atoms with E-state index >= 15 is 0 Å². The van der Waals surface area contributed by atoms with Crippen LogP contribution in [0.4, 0.5) is 4.39 Å². The lowest BCUT2D eigenvalue weighted by atomic mass is 10.1. The number of nitriles is 3. The SMILES string of the molecule is N#CC(=C1Sc2nc(C#N)c(C#N)nc2S1)c1cc(F)cc(Cl)c1. The highest BCUT2D eigenvalue weighted by atomic mass is 35.5. The van der Waals surface area contributed by atoms with E-state index in [1.165, 1.54) is 12.1 Å². The molecule has 0 N–H and O–H groups in total. The molecule has 0 spiro atoms. The molecule has 0 radical (unpaired) electrons. The summed E-state index contributed by atoms with van der Waals surface area (Å²) in [7, 11) is 0. The van der Waals surface area contributed by atoms with Gasteiger partial charge in [-0.15, -0.1) is 0 Å². The summed E-state index contributed by atoms with van der Waals surface area (Å²) in [5.41, 5.74) is 0.422. The van der Waals surface area contributed by atoms with E-state index in [1.807, 2.05) is 18.2 Å². The van der Waals surface area contributed by atoms with Crippen LogP contribution in [-0.2, 0) is 0 Å². The van der Waals surface area contributed by atoms with E-state index in [9.17, 15) is 9.65 Å². The summed E-state index contributed by atoms with van der Waals surface area (Å²) in [6.07, 6.45) is 0. The average Bonchev–Trinajstić information content (AvgIpc) is 2.95. The van der Waals surface area contributed by atoms with E-state index < -0.39 is 5.82 Å². The van der Waals surface area contributed by atoms with Crippen molar-refractivity contribution in [2.24, 2.45) is 0 Å². The largest absolute Gasteiger partial charge is 0.224 e. The van der Waals surface area contributed by atoms with Gasteiger partial charge in [0.2, 0.25) is 0 Å². The monoisotopic (exact) mass is 371 g/mol. The number of aromatic nitrogens is 2. The Morgan fingerprint density at radius 3 is 2.04 bits per heavy atom. The van der Waals surface area contributed by atoms with Crippen molar-refractivity contribution in [1.29, 1.82) is 15.8 Å². The Kier molecular flexibility index (Phi) is 4.42. The Labute approximate surface area is 149 Å². The fourth-order valence-electron chi connectivity index (χ4n) is 1.92. The second-order valence-corrected chi connectivity index (χ2v) is 7.08. The van der Waals surface area contributed by atoms with Crippen LogP contribution in [0.5, 0.6) is 0 Å². The molecule has 1 aliphatic heterocycles. The van der Waals surface area contributed by atoms with E-state index in [-0.39, 0.29) is 22.0 Å². The summed E-state index contributed by atoms with van der Waals surface area (Å²) in [6.45, 7) is 0. The van der Waals surface area contributed by atoms with Crippen molar-refractivity contribution in [3.63, 3.8) is 0 Å². The molecule has 3 rings (SSSR count). The quantitative estimate of drug-likeness (QED) is 0.696. The number of rotatable bonds is 1. The van der Waals surface area contributed by atoms with E-state index in [0.29, 0.717) is 19.9 Å². The molecule has 0 amide bonds. The Hall–Kier alpha value is -2.57. The van der Waals surface area contributed by atoms with Crippen molar-refractivity contribution in [2.45, 2.75) is 10.1 Å². The van der Waals surface area contributed by atoms with Crippen LogP contribution in [0.3, 0.4) is 0 Å².